The molecule has 1 aliphatic heterocycles. The van der Waals surface area contributed by atoms with Gasteiger partial charge in [0.25, 0.3) is 0 Å². The van der Waals surface area contributed by atoms with E-state index < -0.39 is 27.6 Å². The number of pyridine rings is 1. The number of nitrogens with zero attached hydrogens (tertiary/aromatic N) is 3. The molecule has 1 fully saturated rings. The van der Waals surface area contributed by atoms with Crippen molar-refractivity contribution in [1.29, 1.82) is 0 Å². The van der Waals surface area contributed by atoms with Gasteiger partial charge in [0.2, 0.25) is 16.4 Å². The third-order valence-corrected chi connectivity index (χ3v) is 7.40. The van der Waals surface area contributed by atoms with Crippen molar-refractivity contribution in [2.75, 3.05) is 18.8 Å². The number of sulfonamides is 1. The van der Waals surface area contributed by atoms with Gasteiger partial charge in [-0.1, -0.05) is 17.7 Å². The van der Waals surface area contributed by atoms with E-state index in [0.29, 0.717) is 34.1 Å². The van der Waals surface area contributed by atoms with Crippen molar-refractivity contribution >= 4 is 28.0 Å². The first kappa shape index (κ1) is 23.6. The second-order valence-corrected chi connectivity index (χ2v) is 9.63. The van der Waals surface area contributed by atoms with Crippen LogP contribution in [0.2, 0.25) is 5.02 Å². The van der Waals surface area contributed by atoms with E-state index >= 15 is 0 Å². The van der Waals surface area contributed by atoms with Crippen molar-refractivity contribution in [3.8, 4) is 0 Å². The number of hydrogen-bond donors (Lipinski definition) is 1. The number of carbonyl (C=O) groups excluding carboxylic acids is 1. The Kier molecular flexibility index (Phi) is 7.95. The van der Waals surface area contributed by atoms with E-state index in [2.05, 4.69) is 4.98 Å². The Bertz CT molecular complexity index is 988. The molecule has 0 spiro atoms. The third-order valence-electron chi connectivity index (χ3n) is 5.14. The van der Waals surface area contributed by atoms with Crippen LogP contribution in [0.4, 0.5) is 4.39 Å². The summed E-state index contributed by atoms with van der Waals surface area (Å²) in [5.74, 6) is -0.876. The number of aromatic nitrogens is 1. The van der Waals surface area contributed by atoms with Crippen LogP contribution in [0.15, 0.2) is 42.7 Å². The maximum Gasteiger partial charge on any atom is 0.233 e. The van der Waals surface area contributed by atoms with Gasteiger partial charge < -0.3 is 4.74 Å². The molecular weight excluding hydrogens is 449 g/mol. The summed E-state index contributed by atoms with van der Waals surface area (Å²) in [6.45, 7) is 0.599. The second kappa shape index (κ2) is 10.5. The summed E-state index contributed by atoms with van der Waals surface area (Å²) < 4.78 is 46.3. The van der Waals surface area contributed by atoms with Gasteiger partial charge >= 0.3 is 0 Å². The van der Waals surface area contributed by atoms with Crippen molar-refractivity contribution in [2.24, 2.45) is 0 Å². The van der Waals surface area contributed by atoms with E-state index in [1.54, 1.807) is 12.1 Å². The lowest BCUT2D eigenvalue weighted by atomic mass is 10.1. The molecule has 0 saturated carbocycles. The average molecular weight is 472 g/mol. The molecule has 8 nitrogen and oxygen atoms in total. The summed E-state index contributed by atoms with van der Waals surface area (Å²) in [4.78, 5) is 15.0. The fourth-order valence-corrected chi connectivity index (χ4v) is 5.31. The lowest BCUT2D eigenvalue weighted by molar-refractivity contribution is -0.159. The molecule has 1 N–H and O–H groups in total. The average Bonchev–Trinajstić information content (AvgIpc) is 2.78. The number of benzene rings is 1. The van der Waals surface area contributed by atoms with Gasteiger partial charge in [-0.25, -0.2) is 22.2 Å². The smallest absolute Gasteiger partial charge is 0.233 e. The van der Waals surface area contributed by atoms with Crippen LogP contribution in [0.3, 0.4) is 0 Å². The van der Waals surface area contributed by atoms with Crippen LogP contribution in [0, 0.1) is 5.82 Å². The van der Waals surface area contributed by atoms with E-state index in [1.165, 1.54) is 34.9 Å². The molecule has 1 atom stereocenters. The van der Waals surface area contributed by atoms with Crippen molar-refractivity contribution in [3.63, 3.8) is 0 Å². The molecule has 0 bridgehead atoms. The SMILES string of the molecule is O=CN(O)C(CS(=O)(=O)N1CCC(OCc2cc(F)ccc2Cl)CC1)c1cccnc1. The van der Waals surface area contributed by atoms with E-state index in [1.807, 2.05) is 0 Å². The van der Waals surface area contributed by atoms with Crippen LogP contribution in [-0.2, 0) is 26.2 Å². The molecule has 168 valence electrons. The van der Waals surface area contributed by atoms with Gasteiger partial charge in [-0.05, 0) is 48.2 Å². The molecule has 2 heterocycles. The van der Waals surface area contributed by atoms with Gasteiger partial charge in [0, 0.05) is 30.5 Å². The Hall–Kier alpha value is -2.11. The minimum atomic E-state index is -3.77. The second-order valence-electron chi connectivity index (χ2n) is 7.21. The Balaban J connectivity index is 1.58. The molecule has 1 unspecified atom stereocenters. The number of hydroxylamine groups is 2. The summed E-state index contributed by atoms with van der Waals surface area (Å²) in [6.07, 6.45) is 3.82. The molecule has 1 amide bonds. The molecule has 3 rings (SSSR count). The number of carbonyl (C=O) groups is 1. The maximum atomic E-state index is 13.4. The lowest BCUT2D eigenvalue weighted by Gasteiger charge is -2.33. The molecule has 1 aromatic carbocycles. The summed E-state index contributed by atoms with van der Waals surface area (Å²) in [7, 11) is -3.77. The molecule has 2 aromatic rings. The predicted molar refractivity (Wildman–Crippen MR) is 111 cm³/mol. The zero-order valence-corrected chi connectivity index (χ0v) is 18.2. The van der Waals surface area contributed by atoms with E-state index in [0.717, 1.165) is 0 Å². The molecule has 0 radical (unpaired) electrons. The van der Waals surface area contributed by atoms with Gasteiger partial charge in [0.1, 0.15) is 11.9 Å². The fraction of sp³-hybridized carbons (Fsp3) is 0.400. The van der Waals surface area contributed by atoms with Gasteiger partial charge in [-0.2, -0.15) is 0 Å². The molecule has 1 aliphatic rings. The van der Waals surface area contributed by atoms with E-state index in [-0.39, 0.29) is 32.2 Å². The highest BCUT2D eigenvalue weighted by molar-refractivity contribution is 7.89. The topological polar surface area (TPSA) is 100 Å². The molecule has 0 aliphatic carbocycles. The van der Waals surface area contributed by atoms with Gasteiger partial charge in [0.15, 0.2) is 0 Å². The minimum absolute atomic E-state index is 0.135. The van der Waals surface area contributed by atoms with Crippen LogP contribution >= 0.6 is 11.6 Å². The predicted octanol–water partition coefficient (Wildman–Crippen LogP) is 2.77. The molecule has 11 heteroatoms. The Morgan fingerprint density at radius 1 is 1.35 bits per heavy atom. The first-order valence-corrected chi connectivity index (χ1v) is 11.6. The summed E-state index contributed by atoms with van der Waals surface area (Å²) >= 11 is 6.05. The van der Waals surface area contributed by atoms with E-state index in [4.69, 9.17) is 16.3 Å². The largest absolute Gasteiger partial charge is 0.373 e. The number of piperidine rings is 1. The van der Waals surface area contributed by atoms with Crippen LogP contribution in [0.1, 0.15) is 30.0 Å². The molecular formula is C20H23ClFN3O5S. The number of halogens is 2. The number of ether oxygens (including phenoxy) is 1. The van der Waals surface area contributed by atoms with Crippen molar-refractivity contribution in [3.05, 3.63) is 64.7 Å². The molecule has 1 saturated heterocycles. The third kappa shape index (κ3) is 6.20. The first-order chi connectivity index (χ1) is 14.8. The van der Waals surface area contributed by atoms with Crippen molar-refractivity contribution < 1.29 is 27.5 Å². The van der Waals surface area contributed by atoms with Crippen LogP contribution in [0.5, 0.6) is 0 Å². The monoisotopic (exact) mass is 471 g/mol. The highest BCUT2D eigenvalue weighted by atomic mass is 35.5. The van der Waals surface area contributed by atoms with Crippen molar-refractivity contribution in [1.82, 2.24) is 14.4 Å². The lowest BCUT2D eigenvalue weighted by Crippen LogP contribution is -2.44. The zero-order valence-electron chi connectivity index (χ0n) is 16.6. The number of rotatable bonds is 9. The van der Waals surface area contributed by atoms with Crippen LogP contribution in [-0.4, -0.2) is 59.3 Å². The highest BCUT2D eigenvalue weighted by Gasteiger charge is 2.33. The standard InChI is InChI=1S/C20H23ClFN3O5S/c21-19-4-3-17(22)10-16(19)12-30-18-5-8-24(9-6-18)31(28,29)13-20(25(27)14-26)15-2-1-7-23-11-15/h1-4,7,10-11,14,18,20,27H,5-6,8-9,12-13H2. The van der Waals surface area contributed by atoms with Crippen LogP contribution < -0.4 is 0 Å². The quantitative estimate of drug-likeness (QED) is 0.343. The minimum Gasteiger partial charge on any atom is -0.373 e. The van der Waals surface area contributed by atoms with E-state index in [9.17, 15) is 22.8 Å². The first-order valence-electron chi connectivity index (χ1n) is 9.66. The fourth-order valence-electron chi connectivity index (χ4n) is 3.42. The van der Waals surface area contributed by atoms with Crippen LogP contribution in [0.25, 0.3) is 0 Å². The maximum absolute atomic E-state index is 13.4. The molecule has 31 heavy (non-hydrogen) atoms. The zero-order chi connectivity index (χ0) is 22.4. The Morgan fingerprint density at radius 2 is 2.10 bits per heavy atom. The van der Waals surface area contributed by atoms with Crippen molar-refractivity contribution in [2.45, 2.75) is 31.6 Å². The molecule has 1 aromatic heterocycles. The summed E-state index contributed by atoms with van der Waals surface area (Å²) in [5.41, 5.74) is 0.943. The number of hydrogen-bond acceptors (Lipinski definition) is 6. The highest BCUT2D eigenvalue weighted by Crippen LogP contribution is 2.25. The normalized spacial score (nSPS) is 16.7. The Morgan fingerprint density at radius 3 is 2.74 bits per heavy atom. The summed E-state index contributed by atoms with van der Waals surface area (Å²) in [5, 5.41) is 10.6. The van der Waals surface area contributed by atoms with Gasteiger partial charge in [-0.3, -0.25) is 15.0 Å². The summed E-state index contributed by atoms with van der Waals surface area (Å²) in [6, 6.07) is 6.17. The van der Waals surface area contributed by atoms with Gasteiger partial charge in [0.05, 0.1) is 18.5 Å². The van der Waals surface area contributed by atoms with Gasteiger partial charge in [-0.15, -0.1) is 0 Å². The Labute approximate surface area is 185 Å². The number of amides is 1.